The molecule has 1 atom stereocenters. The molecule has 24 heavy (non-hydrogen) atoms. The van der Waals surface area contributed by atoms with Gasteiger partial charge in [-0.1, -0.05) is 18.2 Å². The van der Waals surface area contributed by atoms with Gasteiger partial charge < -0.3 is 5.11 Å². The average molecular weight is 345 g/mol. The van der Waals surface area contributed by atoms with Crippen LogP contribution in [0.25, 0.3) is 0 Å². The fourth-order valence-corrected chi connectivity index (χ4v) is 2.65. The van der Waals surface area contributed by atoms with Gasteiger partial charge in [0.25, 0.3) is 11.6 Å². The predicted molar refractivity (Wildman–Crippen MR) is 92.3 cm³/mol. The molecule has 0 heterocycles. The third-order valence-electron chi connectivity index (χ3n) is 3.03. The van der Waals surface area contributed by atoms with Crippen LogP contribution in [0.3, 0.4) is 0 Å². The van der Waals surface area contributed by atoms with Gasteiger partial charge in [-0.3, -0.25) is 14.9 Å². The summed E-state index contributed by atoms with van der Waals surface area (Å²) in [5, 5.41) is 23.7. The van der Waals surface area contributed by atoms with E-state index in [1.807, 2.05) is 30.3 Å². The fourth-order valence-electron chi connectivity index (χ4n) is 1.77. The lowest BCUT2D eigenvalue weighted by Gasteiger charge is -2.09. The van der Waals surface area contributed by atoms with Crippen LogP contribution < -0.4 is 5.43 Å². The molecule has 1 unspecified atom stereocenters. The molecule has 2 aromatic rings. The Morgan fingerprint density at radius 3 is 2.71 bits per heavy atom. The highest BCUT2D eigenvalue weighted by molar-refractivity contribution is 8.00. The Labute approximate surface area is 142 Å². The average Bonchev–Trinajstić information content (AvgIpc) is 2.57. The lowest BCUT2D eigenvalue weighted by atomic mass is 10.2. The molecule has 2 rings (SSSR count). The van der Waals surface area contributed by atoms with E-state index < -0.39 is 4.92 Å². The zero-order valence-electron chi connectivity index (χ0n) is 12.7. The second kappa shape index (κ2) is 8.11. The molecule has 0 saturated heterocycles. The van der Waals surface area contributed by atoms with Crippen molar-refractivity contribution in [1.82, 2.24) is 5.43 Å². The Morgan fingerprint density at radius 1 is 1.33 bits per heavy atom. The van der Waals surface area contributed by atoms with E-state index in [0.717, 1.165) is 4.90 Å². The number of benzene rings is 2. The third kappa shape index (κ3) is 4.82. The van der Waals surface area contributed by atoms with E-state index in [1.165, 1.54) is 36.2 Å². The molecule has 0 radical (unpaired) electrons. The van der Waals surface area contributed by atoms with Gasteiger partial charge in [0.1, 0.15) is 5.75 Å². The molecule has 2 aromatic carbocycles. The van der Waals surface area contributed by atoms with Crippen LogP contribution in [0, 0.1) is 10.1 Å². The van der Waals surface area contributed by atoms with Gasteiger partial charge in [-0.15, -0.1) is 11.8 Å². The lowest BCUT2D eigenvalue weighted by Crippen LogP contribution is -2.26. The Balaban J connectivity index is 1.97. The number of carbonyl (C=O) groups is 1. The number of nitrogens with zero attached hydrogens (tertiary/aromatic N) is 2. The summed E-state index contributed by atoms with van der Waals surface area (Å²) in [7, 11) is 0. The van der Waals surface area contributed by atoms with E-state index in [0.29, 0.717) is 0 Å². The van der Waals surface area contributed by atoms with E-state index >= 15 is 0 Å². The lowest BCUT2D eigenvalue weighted by molar-refractivity contribution is -0.384. The first-order chi connectivity index (χ1) is 11.5. The quantitative estimate of drug-likeness (QED) is 0.362. The highest BCUT2D eigenvalue weighted by Gasteiger charge is 2.13. The highest BCUT2D eigenvalue weighted by Crippen LogP contribution is 2.23. The smallest absolute Gasteiger partial charge is 0.270 e. The molecule has 1 amide bonds. The summed E-state index contributed by atoms with van der Waals surface area (Å²) < 4.78 is 0. The Kier molecular flexibility index (Phi) is 5.91. The van der Waals surface area contributed by atoms with Gasteiger partial charge in [-0.2, -0.15) is 5.10 Å². The summed E-state index contributed by atoms with van der Waals surface area (Å²) in [4.78, 5) is 23.1. The van der Waals surface area contributed by atoms with Crippen molar-refractivity contribution in [2.75, 3.05) is 0 Å². The Hall–Kier alpha value is -2.87. The topological polar surface area (TPSA) is 105 Å². The molecule has 8 heteroatoms. The number of amides is 1. The Bertz CT molecular complexity index is 765. The number of rotatable bonds is 6. The number of hydrazone groups is 1. The molecule has 124 valence electrons. The number of carbonyl (C=O) groups excluding carboxylic acids is 1. The van der Waals surface area contributed by atoms with Crippen molar-refractivity contribution in [1.29, 1.82) is 0 Å². The number of nitro benzene ring substituents is 1. The molecule has 0 aliphatic rings. The largest absolute Gasteiger partial charge is 0.507 e. The second-order valence-electron chi connectivity index (χ2n) is 4.81. The van der Waals surface area contributed by atoms with Gasteiger partial charge in [0.05, 0.1) is 16.4 Å². The summed E-state index contributed by atoms with van der Waals surface area (Å²) in [5.41, 5.74) is 2.33. The molecule has 0 saturated carbocycles. The molecule has 0 aromatic heterocycles. The molecule has 7 nitrogen and oxygen atoms in total. The normalized spacial score (nSPS) is 12.0. The number of non-ortho nitro benzene ring substituents is 1. The first kappa shape index (κ1) is 17.5. The molecule has 0 aliphatic heterocycles. The van der Waals surface area contributed by atoms with Gasteiger partial charge in [-0.25, -0.2) is 5.43 Å². The zero-order chi connectivity index (χ0) is 17.5. The zero-order valence-corrected chi connectivity index (χ0v) is 13.6. The van der Waals surface area contributed by atoms with Crippen molar-refractivity contribution in [2.24, 2.45) is 5.10 Å². The van der Waals surface area contributed by atoms with Gasteiger partial charge in [0.15, 0.2) is 0 Å². The molecule has 0 aliphatic carbocycles. The Morgan fingerprint density at radius 2 is 2.04 bits per heavy atom. The minimum absolute atomic E-state index is 0.146. The van der Waals surface area contributed by atoms with E-state index in [9.17, 15) is 20.0 Å². The summed E-state index contributed by atoms with van der Waals surface area (Å²) in [6, 6.07) is 13.0. The summed E-state index contributed by atoms with van der Waals surface area (Å²) in [6.45, 7) is 1.74. The maximum absolute atomic E-state index is 12.0. The molecular formula is C16H15N3O4S. The SMILES string of the molecule is CC(Sc1ccccc1)C(=O)N/N=C/c1cc([N+](=O)[O-])ccc1O. The standard InChI is InChI=1S/C16H15N3O4S/c1-11(24-14-5-3-2-4-6-14)16(21)18-17-10-12-9-13(19(22)23)7-8-15(12)20/h2-11,20H,1H3,(H,18,21)/b17-10+. The monoisotopic (exact) mass is 345 g/mol. The predicted octanol–water partition coefficient (Wildman–Crippen LogP) is 2.93. The van der Waals surface area contributed by atoms with Gasteiger partial charge in [0, 0.05) is 22.6 Å². The van der Waals surface area contributed by atoms with Crippen molar-refractivity contribution in [3.63, 3.8) is 0 Å². The second-order valence-corrected chi connectivity index (χ2v) is 6.22. The highest BCUT2D eigenvalue weighted by atomic mass is 32.2. The van der Waals surface area contributed by atoms with Crippen molar-refractivity contribution in [3.05, 3.63) is 64.2 Å². The van der Waals surface area contributed by atoms with E-state index in [4.69, 9.17) is 0 Å². The van der Waals surface area contributed by atoms with Crippen LogP contribution in [-0.2, 0) is 4.79 Å². The van der Waals surface area contributed by atoms with Crippen LogP contribution in [0.5, 0.6) is 5.75 Å². The van der Waals surface area contributed by atoms with Gasteiger partial charge in [-0.05, 0) is 25.1 Å². The number of phenols is 1. The summed E-state index contributed by atoms with van der Waals surface area (Å²) in [6.07, 6.45) is 1.17. The number of phenolic OH excluding ortho intramolecular Hbond substituents is 1. The summed E-state index contributed by atoms with van der Waals surface area (Å²) >= 11 is 1.38. The minimum atomic E-state index is -0.575. The van der Waals surface area contributed by atoms with Crippen molar-refractivity contribution < 1.29 is 14.8 Å². The number of hydrogen-bond acceptors (Lipinski definition) is 6. The van der Waals surface area contributed by atoms with E-state index in [2.05, 4.69) is 10.5 Å². The van der Waals surface area contributed by atoms with Crippen LogP contribution in [-0.4, -0.2) is 27.4 Å². The van der Waals surface area contributed by atoms with E-state index in [-0.39, 0.29) is 28.2 Å². The van der Waals surface area contributed by atoms with E-state index in [1.54, 1.807) is 6.92 Å². The van der Waals surface area contributed by atoms with Crippen LogP contribution in [0.1, 0.15) is 12.5 Å². The van der Waals surface area contributed by atoms with Crippen LogP contribution >= 0.6 is 11.8 Å². The molecule has 0 fully saturated rings. The molecule has 0 bridgehead atoms. The number of hydrogen-bond donors (Lipinski definition) is 2. The first-order valence-electron chi connectivity index (χ1n) is 6.99. The van der Waals surface area contributed by atoms with Gasteiger partial charge in [0.2, 0.25) is 0 Å². The molecule has 2 N–H and O–H groups in total. The first-order valence-corrected chi connectivity index (χ1v) is 7.87. The minimum Gasteiger partial charge on any atom is -0.507 e. The number of nitro groups is 1. The fraction of sp³-hybridized carbons (Fsp3) is 0.125. The van der Waals surface area contributed by atoms with Crippen molar-refractivity contribution >= 4 is 29.6 Å². The third-order valence-corrected chi connectivity index (χ3v) is 4.14. The van der Waals surface area contributed by atoms with Crippen LogP contribution in [0.4, 0.5) is 5.69 Å². The molecule has 0 spiro atoms. The van der Waals surface area contributed by atoms with Crippen molar-refractivity contribution in [2.45, 2.75) is 17.1 Å². The maximum Gasteiger partial charge on any atom is 0.270 e. The number of thioether (sulfide) groups is 1. The van der Waals surface area contributed by atoms with Gasteiger partial charge >= 0.3 is 0 Å². The van der Waals surface area contributed by atoms with Crippen molar-refractivity contribution in [3.8, 4) is 5.75 Å². The summed E-state index contributed by atoms with van der Waals surface area (Å²) in [5.74, 6) is -0.477. The van der Waals surface area contributed by atoms with Crippen LogP contribution in [0.2, 0.25) is 0 Å². The number of aromatic hydroxyl groups is 1. The maximum atomic E-state index is 12.0. The van der Waals surface area contributed by atoms with Crippen LogP contribution in [0.15, 0.2) is 58.5 Å². The number of nitrogens with one attached hydrogen (secondary N) is 1. The molecular weight excluding hydrogens is 330 g/mol.